The van der Waals surface area contributed by atoms with Crippen molar-refractivity contribution in [1.82, 2.24) is 14.5 Å². The molecule has 0 radical (unpaired) electrons. The molecular formula is C16H24BrN3O5S2. The molecule has 1 heterocycles. The minimum absolute atomic E-state index is 0.0445. The van der Waals surface area contributed by atoms with Gasteiger partial charge < -0.3 is 5.32 Å². The lowest BCUT2D eigenvalue weighted by atomic mass is 10.4. The predicted octanol–water partition coefficient (Wildman–Crippen LogP) is 0.685. The lowest BCUT2D eigenvalue weighted by molar-refractivity contribution is -0.122. The molecule has 0 unspecified atom stereocenters. The number of carbonyl (C=O) groups is 1. The Bertz CT molecular complexity index is 903. The lowest BCUT2D eigenvalue weighted by Gasteiger charge is -2.22. The third-order valence-corrected chi connectivity index (χ3v) is 8.24. The molecule has 27 heavy (non-hydrogen) atoms. The van der Waals surface area contributed by atoms with E-state index in [0.29, 0.717) is 37.1 Å². The highest BCUT2D eigenvalue weighted by molar-refractivity contribution is 9.10. The number of sulfonamides is 1. The number of sulfone groups is 1. The van der Waals surface area contributed by atoms with E-state index in [4.69, 9.17) is 0 Å². The van der Waals surface area contributed by atoms with Gasteiger partial charge in [0.1, 0.15) is 0 Å². The molecule has 1 aliphatic rings. The summed E-state index contributed by atoms with van der Waals surface area (Å²) in [5.74, 6) is -0.0857. The van der Waals surface area contributed by atoms with Crippen molar-refractivity contribution in [3.05, 3.63) is 22.7 Å². The zero-order valence-electron chi connectivity index (χ0n) is 15.3. The number of nitrogens with one attached hydrogen (secondary N) is 1. The molecule has 0 aliphatic carbocycles. The molecule has 0 bridgehead atoms. The molecule has 0 saturated carbocycles. The number of benzene rings is 1. The van der Waals surface area contributed by atoms with Crippen LogP contribution in [0.1, 0.15) is 13.3 Å². The van der Waals surface area contributed by atoms with Gasteiger partial charge in [0.2, 0.25) is 15.9 Å². The average Bonchev–Trinajstić information content (AvgIpc) is 2.80. The Morgan fingerprint density at radius 3 is 2.48 bits per heavy atom. The Balaban J connectivity index is 2.21. The maximum atomic E-state index is 13.1. The van der Waals surface area contributed by atoms with Gasteiger partial charge in [0.25, 0.3) is 0 Å². The first-order valence-electron chi connectivity index (χ1n) is 8.54. The van der Waals surface area contributed by atoms with Crippen LogP contribution in [0, 0.1) is 0 Å². The number of nitrogens with zero attached hydrogens (tertiary/aromatic N) is 2. The van der Waals surface area contributed by atoms with Gasteiger partial charge in [0, 0.05) is 36.9 Å². The minimum atomic E-state index is -3.87. The second kappa shape index (κ2) is 8.99. The highest BCUT2D eigenvalue weighted by Gasteiger charge is 2.30. The van der Waals surface area contributed by atoms with Crippen LogP contribution in [0.4, 0.5) is 0 Å². The standard InChI is InChI=1S/C16H24BrN3O5S2/c1-3-18-16(21)12-19-7-4-8-20(10-9-19)27(24,25)15-11-13(26(2,22)23)5-6-14(15)17/h5-6,11H,3-4,7-10,12H2,1-2H3,(H,18,21). The van der Waals surface area contributed by atoms with Crippen LogP contribution in [0.5, 0.6) is 0 Å². The summed E-state index contributed by atoms with van der Waals surface area (Å²) in [5.41, 5.74) is 0. The van der Waals surface area contributed by atoms with Gasteiger partial charge in [-0.15, -0.1) is 0 Å². The average molecular weight is 482 g/mol. The van der Waals surface area contributed by atoms with Crippen molar-refractivity contribution in [2.24, 2.45) is 0 Å². The summed E-state index contributed by atoms with van der Waals surface area (Å²) < 4.78 is 51.4. The third-order valence-electron chi connectivity index (χ3n) is 4.24. The number of likely N-dealkylation sites (N-methyl/N-ethyl adjacent to an activating group) is 1. The predicted molar refractivity (Wildman–Crippen MR) is 106 cm³/mol. The van der Waals surface area contributed by atoms with Crippen LogP contribution in [0.3, 0.4) is 0 Å². The van der Waals surface area contributed by atoms with Gasteiger partial charge in [-0.25, -0.2) is 16.8 Å². The smallest absolute Gasteiger partial charge is 0.244 e. The summed E-state index contributed by atoms with van der Waals surface area (Å²) >= 11 is 3.22. The molecule has 0 aromatic heterocycles. The minimum Gasteiger partial charge on any atom is -0.355 e. The van der Waals surface area contributed by atoms with E-state index >= 15 is 0 Å². The van der Waals surface area contributed by atoms with Crippen molar-refractivity contribution in [2.45, 2.75) is 23.1 Å². The van der Waals surface area contributed by atoms with Crippen molar-refractivity contribution in [2.75, 3.05) is 45.5 Å². The van der Waals surface area contributed by atoms with E-state index in [9.17, 15) is 21.6 Å². The topological polar surface area (TPSA) is 104 Å². The Kier molecular flexibility index (Phi) is 7.42. The van der Waals surface area contributed by atoms with Gasteiger partial charge in [-0.1, -0.05) is 0 Å². The van der Waals surface area contributed by atoms with E-state index in [2.05, 4.69) is 21.2 Å². The van der Waals surface area contributed by atoms with E-state index < -0.39 is 19.9 Å². The fourth-order valence-electron chi connectivity index (χ4n) is 2.85. The van der Waals surface area contributed by atoms with Crippen LogP contribution in [-0.2, 0) is 24.7 Å². The molecule has 0 atom stereocenters. The van der Waals surface area contributed by atoms with Crippen LogP contribution >= 0.6 is 15.9 Å². The normalized spacial score (nSPS) is 17.4. The molecule has 1 aliphatic heterocycles. The van der Waals surface area contributed by atoms with Crippen LogP contribution < -0.4 is 5.32 Å². The third kappa shape index (κ3) is 5.74. The monoisotopic (exact) mass is 481 g/mol. The summed E-state index contributed by atoms with van der Waals surface area (Å²) in [6.07, 6.45) is 1.62. The molecule has 152 valence electrons. The Morgan fingerprint density at radius 1 is 1.15 bits per heavy atom. The Morgan fingerprint density at radius 2 is 1.85 bits per heavy atom. The first kappa shape index (κ1) is 22.3. The van der Waals surface area contributed by atoms with Crippen LogP contribution in [0.25, 0.3) is 0 Å². The zero-order valence-corrected chi connectivity index (χ0v) is 18.5. The number of carbonyl (C=O) groups excluding carboxylic acids is 1. The van der Waals surface area contributed by atoms with Crippen LogP contribution in [0.15, 0.2) is 32.5 Å². The quantitative estimate of drug-likeness (QED) is 0.640. The fourth-order valence-corrected chi connectivity index (χ4v) is 6.00. The molecule has 1 aromatic carbocycles. The molecule has 8 nitrogen and oxygen atoms in total. The first-order chi connectivity index (χ1) is 12.6. The number of halogens is 1. The Labute approximate surface area is 169 Å². The molecule has 1 aromatic rings. The van der Waals surface area contributed by atoms with Crippen molar-refractivity contribution in [3.8, 4) is 0 Å². The molecule has 1 amide bonds. The number of hydrogen-bond acceptors (Lipinski definition) is 6. The second-order valence-electron chi connectivity index (χ2n) is 6.35. The van der Waals surface area contributed by atoms with Gasteiger partial charge in [0.15, 0.2) is 9.84 Å². The first-order valence-corrected chi connectivity index (χ1v) is 12.7. The van der Waals surface area contributed by atoms with E-state index in [1.807, 2.05) is 11.8 Å². The van der Waals surface area contributed by atoms with E-state index in [1.54, 1.807) is 0 Å². The molecule has 1 fully saturated rings. The molecular weight excluding hydrogens is 458 g/mol. The lowest BCUT2D eigenvalue weighted by Crippen LogP contribution is -2.40. The van der Waals surface area contributed by atoms with Crippen LogP contribution in [-0.4, -0.2) is 77.5 Å². The molecule has 11 heteroatoms. The fraction of sp³-hybridized carbons (Fsp3) is 0.562. The number of rotatable bonds is 6. The number of hydrogen-bond donors (Lipinski definition) is 1. The molecule has 2 rings (SSSR count). The summed E-state index contributed by atoms with van der Waals surface area (Å²) in [6.45, 7) is 4.22. The van der Waals surface area contributed by atoms with Crippen molar-refractivity contribution in [1.29, 1.82) is 0 Å². The van der Waals surface area contributed by atoms with E-state index in [1.165, 1.54) is 22.5 Å². The van der Waals surface area contributed by atoms with Gasteiger partial charge in [-0.3, -0.25) is 9.69 Å². The highest BCUT2D eigenvalue weighted by Crippen LogP contribution is 2.28. The highest BCUT2D eigenvalue weighted by atomic mass is 79.9. The largest absolute Gasteiger partial charge is 0.355 e. The van der Waals surface area contributed by atoms with E-state index in [-0.39, 0.29) is 28.8 Å². The van der Waals surface area contributed by atoms with Gasteiger partial charge >= 0.3 is 0 Å². The molecule has 1 saturated heterocycles. The summed E-state index contributed by atoms with van der Waals surface area (Å²) in [5, 5.41) is 2.73. The molecule has 1 N–H and O–H groups in total. The summed E-state index contributed by atoms with van der Waals surface area (Å²) in [6, 6.07) is 3.99. The van der Waals surface area contributed by atoms with Crippen LogP contribution in [0.2, 0.25) is 0 Å². The van der Waals surface area contributed by atoms with Gasteiger partial charge in [0.05, 0.1) is 16.3 Å². The van der Waals surface area contributed by atoms with Crippen molar-refractivity contribution < 1.29 is 21.6 Å². The Hall–Kier alpha value is -1.01. The second-order valence-corrected chi connectivity index (χ2v) is 11.1. The zero-order chi connectivity index (χ0) is 20.2. The van der Waals surface area contributed by atoms with Gasteiger partial charge in [-0.05, 0) is 54.0 Å². The van der Waals surface area contributed by atoms with E-state index in [0.717, 1.165) is 6.26 Å². The number of amides is 1. The molecule has 0 spiro atoms. The summed E-state index contributed by atoms with van der Waals surface area (Å²) in [4.78, 5) is 13.6. The maximum absolute atomic E-state index is 13.1. The van der Waals surface area contributed by atoms with Crippen molar-refractivity contribution >= 4 is 41.7 Å². The SMILES string of the molecule is CCNC(=O)CN1CCCN(S(=O)(=O)c2cc(S(C)(=O)=O)ccc2Br)CC1. The van der Waals surface area contributed by atoms with Gasteiger partial charge in [-0.2, -0.15) is 4.31 Å². The van der Waals surface area contributed by atoms with Crippen molar-refractivity contribution in [3.63, 3.8) is 0 Å². The summed E-state index contributed by atoms with van der Waals surface area (Å²) in [7, 11) is -7.39. The maximum Gasteiger partial charge on any atom is 0.244 e.